The molecule has 6 heteroatoms. The van der Waals surface area contributed by atoms with Crippen LogP contribution in [0.5, 0.6) is 5.75 Å². The largest absolute Gasteiger partial charge is 0.508 e. The molecule has 0 fully saturated rings. The van der Waals surface area contributed by atoms with Gasteiger partial charge in [-0.25, -0.2) is 13.1 Å². The fourth-order valence-corrected chi connectivity index (χ4v) is 3.27. The van der Waals surface area contributed by atoms with Crippen molar-refractivity contribution in [1.82, 2.24) is 4.72 Å². The summed E-state index contributed by atoms with van der Waals surface area (Å²) in [6.07, 6.45) is 0.654. The Morgan fingerprint density at radius 1 is 1.28 bits per heavy atom. The first-order valence-electron chi connectivity index (χ1n) is 5.38. The highest BCUT2D eigenvalue weighted by Crippen LogP contribution is 2.15. The highest BCUT2D eigenvalue weighted by atomic mass is 32.2. The van der Waals surface area contributed by atoms with Crippen molar-refractivity contribution in [1.29, 1.82) is 0 Å². The van der Waals surface area contributed by atoms with Crippen molar-refractivity contribution in [3.05, 3.63) is 46.7 Å². The second kappa shape index (κ2) is 5.51. The van der Waals surface area contributed by atoms with Crippen molar-refractivity contribution in [2.24, 2.45) is 0 Å². The van der Waals surface area contributed by atoms with E-state index >= 15 is 0 Å². The molecule has 96 valence electrons. The molecule has 18 heavy (non-hydrogen) atoms. The zero-order chi connectivity index (χ0) is 13.0. The maximum atomic E-state index is 11.9. The molecule has 0 aliphatic heterocycles. The van der Waals surface area contributed by atoms with Gasteiger partial charge in [0.2, 0.25) is 10.0 Å². The van der Waals surface area contributed by atoms with E-state index in [4.69, 9.17) is 0 Å². The van der Waals surface area contributed by atoms with E-state index in [2.05, 4.69) is 4.72 Å². The summed E-state index contributed by atoms with van der Waals surface area (Å²) in [4.78, 5) is 0.0767. The lowest BCUT2D eigenvalue weighted by atomic mass is 10.2. The predicted molar refractivity (Wildman–Crippen MR) is 71.3 cm³/mol. The quantitative estimate of drug-likeness (QED) is 0.881. The molecule has 4 nitrogen and oxygen atoms in total. The lowest BCUT2D eigenvalue weighted by Crippen LogP contribution is -2.25. The van der Waals surface area contributed by atoms with E-state index in [1.54, 1.807) is 11.3 Å². The summed E-state index contributed by atoms with van der Waals surface area (Å²) in [5.41, 5.74) is 1.11. The minimum atomic E-state index is -3.54. The molecule has 0 amide bonds. The Morgan fingerprint density at radius 3 is 2.78 bits per heavy atom. The van der Waals surface area contributed by atoms with Gasteiger partial charge < -0.3 is 5.11 Å². The summed E-state index contributed by atoms with van der Waals surface area (Å²) in [6, 6.07) is 7.58. The summed E-state index contributed by atoms with van der Waals surface area (Å²) in [5.74, 6) is -0.0595. The average molecular weight is 283 g/mol. The number of thiophene rings is 1. The molecule has 0 atom stereocenters. The number of hydrogen-bond donors (Lipinski definition) is 2. The number of rotatable bonds is 5. The third-order valence-corrected chi connectivity index (χ3v) is 4.60. The van der Waals surface area contributed by atoms with Gasteiger partial charge in [-0.15, -0.1) is 0 Å². The van der Waals surface area contributed by atoms with Gasteiger partial charge in [-0.05, 0) is 47.0 Å². The average Bonchev–Trinajstić information content (AvgIpc) is 2.82. The molecule has 0 spiro atoms. The Morgan fingerprint density at radius 2 is 2.11 bits per heavy atom. The van der Waals surface area contributed by atoms with Crippen LogP contribution in [-0.4, -0.2) is 20.1 Å². The molecule has 0 aliphatic rings. The van der Waals surface area contributed by atoms with Crippen LogP contribution in [0.25, 0.3) is 0 Å². The molecule has 0 saturated carbocycles. The van der Waals surface area contributed by atoms with E-state index in [-0.39, 0.29) is 10.6 Å². The van der Waals surface area contributed by atoms with Crippen LogP contribution < -0.4 is 4.72 Å². The molecule has 1 aromatic heterocycles. The molecule has 0 radical (unpaired) electrons. The molecule has 2 rings (SSSR count). The van der Waals surface area contributed by atoms with Crippen molar-refractivity contribution in [2.75, 3.05) is 6.54 Å². The fourth-order valence-electron chi connectivity index (χ4n) is 1.50. The van der Waals surface area contributed by atoms with E-state index in [1.165, 1.54) is 24.3 Å². The molecular weight excluding hydrogens is 270 g/mol. The number of phenols is 1. The Hall–Kier alpha value is -1.37. The van der Waals surface area contributed by atoms with Crippen molar-refractivity contribution >= 4 is 21.4 Å². The topological polar surface area (TPSA) is 66.4 Å². The summed E-state index contributed by atoms with van der Waals surface area (Å²) in [5, 5.41) is 13.2. The van der Waals surface area contributed by atoms with Crippen molar-refractivity contribution in [2.45, 2.75) is 11.3 Å². The molecule has 1 aromatic carbocycles. The van der Waals surface area contributed by atoms with E-state index < -0.39 is 10.0 Å². The van der Waals surface area contributed by atoms with E-state index in [0.29, 0.717) is 13.0 Å². The van der Waals surface area contributed by atoms with Crippen LogP contribution >= 0.6 is 11.3 Å². The first kappa shape index (κ1) is 13.1. The monoisotopic (exact) mass is 283 g/mol. The summed E-state index contributed by atoms with van der Waals surface area (Å²) >= 11 is 1.59. The van der Waals surface area contributed by atoms with Crippen LogP contribution in [0, 0.1) is 0 Å². The number of nitrogens with one attached hydrogen (secondary N) is 1. The molecule has 2 aromatic rings. The Kier molecular flexibility index (Phi) is 4.00. The number of benzene rings is 1. The van der Waals surface area contributed by atoms with Crippen molar-refractivity contribution in [3.63, 3.8) is 0 Å². The molecule has 0 saturated heterocycles. The molecule has 0 unspecified atom stereocenters. The summed E-state index contributed by atoms with van der Waals surface area (Å²) < 4.78 is 26.3. The summed E-state index contributed by atoms with van der Waals surface area (Å²) in [6.45, 7) is 0.342. The molecule has 0 bridgehead atoms. The molecule has 0 aliphatic carbocycles. The van der Waals surface area contributed by atoms with Gasteiger partial charge in [0.05, 0.1) is 4.90 Å². The van der Waals surface area contributed by atoms with Gasteiger partial charge in [-0.2, -0.15) is 11.3 Å². The molecule has 1 heterocycles. The van der Waals surface area contributed by atoms with Gasteiger partial charge in [-0.3, -0.25) is 0 Å². The van der Waals surface area contributed by atoms with Crippen LogP contribution in [-0.2, 0) is 16.4 Å². The second-order valence-electron chi connectivity index (χ2n) is 3.78. The van der Waals surface area contributed by atoms with Gasteiger partial charge >= 0.3 is 0 Å². The Labute approximate surface area is 110 Å². The van der Waals surface area contributed by atoms with E-state index in [1.807, 2.05) is 16.8 Å². The maximum Gasteiger partial charge on any atom is 0.240 e. The maximum absolute atomic E-state index is 11.9. The SMILES string of the molecule is O=S(=O)(NCCc1ccsc1)c1cccc(O)c1. The zero-order valence-corrected chi connectivity index (χ0v) is 11.2. The molecule has 2 N–H and O–H groups in total. The third kappa shape index (κ3) is 3.32. The van der Waals surface area contributed by atoms with Crippen LogP contribution in [0.4, 0.5) is 0 Å². The van der Waals surface area contributed by atoms with Crippen molar-refractivity contribution < 1.29 is 13.5 Å². The van der Waals surface area contributed by atoms with Gasteiger partial charge in [0.25, 0.3) is 0 Å². The minimum Gasteiger partial charge on any atom is -0.508 e. The Bertz CT molecular complexity index is 606. The van der Waals surface area contributed by atoms with E-state index in [9.17, 15) is 13.5 Å². The smallest absolute Gasteiger partial charge is 0.240 e. The van der Waals surface area contributed by atoms with Crippen LogP contribution in [0.1, 0.15) is 5.56 Å². The number of sulfonamides is 1. The Balaban J connectivity index is 1.99. The van der Waals surface area contributed by atoms with Gasteiger partial charge in [0.1, 0.15) is 5.75 Å². The highest BCUT2D eigenvalue weighted by Gasteiger charge is 2.13. The number of aromatic hydroxyl groups is 1. The van der Waals surface area contributed by atoms with Gasteiger partial charge in [-0.1, -0.05) is 6.07 Å². The van der Waals surface area contributed by atoms with Crippen LogP contribution in [0.15, 0.2) is 46.0 Å². The predicted octanol–water partition coefficient (Wildman–Crippen LogP) is 1.97. The van der Waals surface area contributed by atoms with Crippen molar-refractivity contribution in [3.8, 4) is 5.75 Å². The first-order chi connectivity index (χ1) is 8.58. The highest BCUT2D eigenvalue weighted by molar-refractivity contribution is 7.89. The third-order valence-electron chi connectivity index (χ3n) is 2.41. The summed E-state index contributed by atoms with van der Waals surface area (Å²) in [7, 11) is -3.54. The van der Waals surface area contributed by atoms with Crippen LogP contribution in [0.2, 0.25) is 0 Å². The van der Waals surface area contributed by atoms with E-state index in [0.717, 1.165) is 5.56 Å². The zero-order valence-electron chi connectivity index (χ0n) is 9.54. The fraction of sp³-hybridized carbons (Fsp3) is 0.167. The second-order valence-corrected chi connectivity index (χ2v) is 6.32. The standard InChI is InChI=1S/C12H13NO3S2/c14-11-2-1-3-12(8-11)18(15,16)13-6-4-10-5-7-17-9-10/h1-3,5,7-9,13-14H,4,6H2. The lowest BCUT2D eigenvalue weighted by Gasteiger charge is -2.06. The lowest BCUT2D eigenvalue weighted by molar-refractivity contribution is 0.473. The molecular formula is C12H13NO3S2. The number of hydrogen-bond acceptors (Lipinski definition) is 4. The first-order valence-corrected chi connectivity index (χ1v) is 7.80. The van der Waals surface area contributed by atoms with Gasteiger partial charge in [0.15, 0.2) is 0 Å². The van der Waals surface area contributed by atoms with Crippen LogP contribution in [0.3, 0.4) is 0 Å². The normalized spacial score (nSPS) is 11.6. The number of phenolic OH excluding ortho intramolecular Hbond substituents is 1. The van der Waals surface area contributed by atoms with Gasteiger partial charge in [0, 0.05) is 6.54 Å². The minimum absolute atomic E-state index is 0.0595.